The zero-order valence-corrected chi connectivity index (χ0v) is 19.1. The van der Waals surface area contributed by atoms with E-state index in [2.05, 4.69) is 33.7 Å². The van der Waals surface area contributed by atoms with Crippen molar-refractivity contribution in [1.82, 2.24) is 10.6 Å². The monoisotopic (exact) mass is 457 g/mol. The maximum Gasteiger partial charge on any atom is 0.345 e. The number of halogens is 2. The summed E-state index contributed by atoms with van der Waals surface area (Å²) in [6.45, 7) is 0.325. The number of carbonyl (C=O) groups excluding carboxylic acids is 1. The van der Waals surface area contributed by atoms with E-state index < -0.39 is 12.7 Å². The van der Waals surface area contributed by atoms with Gasteiger partial charge >= 0.3 is 6.61 Å². The Hall–Kier alpha value is -2.25. The fraction of sp³-hybridized carbons (Fsp3) is 0.577. The minimum absolute atomic E-state index is 0.0849. The smallest absolute Gasteiger partial charge is 0.345 e. The van der Waals surface area contributed by atoms with E-state index >= 15 is 0 Å². The van der Waals surface area contributed by atoms with Crippen LogP contribution in [0.3, 0.4) is 0 Å². The van der Waals surface area contributed by atoms with Crippen LogP contribution in [-0.2, 0) is 9.53 Å². The van der Waals surface area contributed by atoms with E-state index in [0.717, 1.165) is 23.4 Å². The third-order valence-corrected chi connectivity index (χ3v) is 7.54. The quantitative estimate of drug-likeness (QED) is 0.497. The number of hydrogen-bond acceptors (Lipinski definition) is 4. The first-order chi connectivity index (χ1) is 15.9. The molecule has 178 valence electrons. The van der Waals surface area contributed by atoms with Crippen molar-refractivity contribution in [1.29, 1.82) is 0 Å². The second kappa shape index (κ2) is 9.18. The largest absolute Gasteiger partial charge is 0.374 e. The fourth-order valence-corrected chi connectivity index (χ4v) is 4.99. The van der Waals surface area contributed by atoms with Gasteiger partial charge in [-0.2, -0.15) is 8.78 Å². The number of allylic oxidation sites excluding steroid dienone is 1. The molecular weight excluding hydrogens is 424 g/mol. The predicted molar refractivity (Wildman–Crippen MR) is 124 cm³/mol. The van der Waals surface area contributed by atoms with E-state index in [0.29, 0.717) is 18.8 Å². The third kappa shape index (κ3) is 5.46. The van der Waals surface area contributed by atoms with Crippen molar-refractivity contribution >= 4 is 11.6 Å². The maximum atomic E-state index is 13.1. The number of amides is 1. The third-order valence-electron chi connectivity index (χ3n) is 7.54. The lowest BCUT2D eigenvalue weighted by Gasteiger charge is -2.40. The molecule has 5 nitrogen and oxygen atoms in total. The summed E-state index contributed by atoms with van der Waals surface area (Å²) in [6.07, 6.45) is 11.0. The molecule has 1 aromatic carbocycles. The Balaban J connectivity index is 1.21. The molecule has 7 heteroatoms. The van der Waals surface area contributed by atoms with E-state index in [4.69, 9.17) is 0 Å². The average molecular weight is 458 g/mol. The molecule has 1 amide bonds. The van der Waals surface area contributed by atoms with Crippen molar-refractivity contribution in [3.05, 3.63) is 53.3 Å². The Morgan fingerprint density at radius 1 is 1.24 bits per heavy atom. The summed E-state index contributed by atoms with van der Waals surface area (Å²) in [4.78, 5) is 13.1. The molecule has 1 heterocycles. The minimum atomic E-state index is -2.72. The topological polar surface area (TPSA) is 62.4 Å². The zero-order chi connectivity index (χ0) is 23.0. The van der Waals surface area contributed by atoms with Crippen LogP contribution in [0.4, 0.5) is 14.5 Å². The summed E-state index contributed by atoms with van der Waals surface area (Å²) in [5, 5.41) is 10.2. The predicted octanol–water partition coefficient (Wildman–Crippen LogP) is 4.83. The summed E-state index contributed by atoms with van der Waals surface area (Å²) in [5.74, 6) is 0.639. The van der Waals surface area contributed by atoms with Gasteiger partial charge < -0.3 is 20.7 Å². The molecule has 3 aliphatic carbocycles. The first-order valence-electron chi connectivity index (χ1n) is 12.2. The summed E-state index contributed by atoms with van der Waals surface area (Å²) < 4.78 is 29.3. The number of benzene rings is 1. The van der Waals surface area contributed by atoms with Crippen LogP contribution in [-0.4, -0.2) is 36.7 Å². The van der Waals surface area contributed by atoms with Crippen LogP contribution in [0.5, 0.6) is 0 Å². The molecule has 1 aliphatic heterocycles. The molecule has 1 aromatic rings. The molecule has 1 unspecified atom stereocenters. The number of rotatable bonds is 9. The van der Waals surface area contributed by atoms with E-state index in [1.807, 2.05) is 30.3 Å². The van der Waals surface area contributed by atoms with Crippen molar-refractivity contribution in [2.75, 3.05) is 11.9 Å². The van der Waals surface area contributed by atoms with Gasteiger partial charge in [-0.25, -0.2) is 0 Å². The van der Waals surface area contributed by atoms with Crippen molar-refractivity contribution in [2.45, 2.75) is 82.1 Å². The molecule has 4 aliphatic rings. The van der Waals surface area contributed by atoms with Crippen LogP contribution in [0.2, 0.25) is 0 Å². The van der Waals surface area contributed by atoms with Gasteiger partial charge in [-0.05, 0) is 99.1 Å². The first-order valence-corrected chi connectivity index (χ1v) is 12.2. The summed E-state index contributed by atoms with van der Waals surface area (Å²) in [7, 11) is 0. The van der Waals surface area contributed by atoms with Gasteiger partial charge in [0.15, 0.2) is 0 Å². The van der Waals surface area contributed by atoms with Gasteiger partial charge in [0, 0.05) is 23.5 Å². The molecule has 33 heavy (non-hydrogen) atoms. The van der Waals surface area contributed by atoms with Gasteiger partial charge in [0.05, 0.1) is 6.10 Å². The number of anilines is 1. The Kier molecular flexibility index (Phi) is 6.27. The van der Waals surface area contributed by atoms with Crippen molar-refractivity contribution in [3.8, 4) is 0 Å². The lowest BCUT2D eigenvalue weighted by Crippen LogP contribution is -2.49. The van der Waals surface area contributed by atoms with Crippen molar-refractivity contribution < 1.29 is 18.3 Å². The van der Waals surface area contributed by atoms with Crippen LogP contribution in [0, 0.1) is 5.92 Å². The van der Waals surface area contributed by atoms with E-state index in [1.165, 1.54) is 37.8 Å². The first kappa shape index (κ1) is 22.5. The van der Waals surface area contributed by atoms with Gasteiger partial charge in [-0.15, -0.1) is 0 Å². The number of hydrogen-bond donors (Lipinski definition) is 3. The molecule has 0 radical (unpaired) electrons. The Morgan fingerprint density at radius 3 is 2.70 bits per heavy atom. The van der Waals surface area contributed by atoms with Crippen molar-refractivity contribution in [3.63, 3.8) is 0 Å². The van der Waals surface area contributed by atoms with Gasteiger partial charge in [-0.3, -0.25) is 4.79 Å². The van der Waals surface area contributed by atoms with Gasteiger partial charge in [-0.1, -0.05) is 12.1 Å². The molecule has 0 aromatic heterocycles. The number of dihydropyridines is 1. The van der Waals surface area contributed by atoms with Gasteiger partial charge in [0.25, 0.3) is 5.91 Å². The van der Waals surface area contributed by atoms with Gasteiger partial charge in [0.2, 0.25) is 0 Å². The summed E-state index contributed by atoms with van der Waals surface area (Å²) in [6, 6.07) is 7.30. The highest BCUT2D eigenvalue weighted by atomic mass is 19.3. The molecule has 3 fully saturated rings. The molecule has 0 saturated heterocycles. The lowest BCUT2D eigenvalue weighted by atomic mass is 9.77. The summed E-state index contributed by atoms with van der Waals surface area (Å²) in [5.41, 5.74) is 4.33. The summed E-state index contributed by atoms with van der Waals surface area (Å²) >= 11 is 0. The Bertz CT molecular complexity index is 947. The van der Waals surface area contributed by atoms with Crippen LogP contribution in [0.15, 0.2) is 47.7 Å². The van der Waals surface area contributed by atoms with Crippen molar-refractivity contribution in [2.24, 2.45) is 5.92 Å². The molecular formula is C26H33F2N3O2. The second-order valence-corrected chi connectivity index (χ2v) is 10.3. The molecule has 3 saturated carbocycles. The number of alkyl halides is 2. The zero-order valence-electron chi connectivity index (χ0n) is 19.1. The molecule has 3 N–H and O–H groups in total. The number of carbonyl (C=O) groups is 1. The Morgan fingerprint density at radius 2 is 2.03 bits per heavy atom. The van der Waals surface area contributed by atoms with E-state index in [-0.39, 0.29) is 23.5 Å². The minimum Gasteiger partial charge on any atom is -0.374 e. The lowest BCUT2D eigenvalue weighted by molar-refractivity contribution is -0.184. The maximum absolute atomic E-state index is 13.1. The van der Waals surface area contributed by atoms with Gasteiger partial charge in [0.1, 0.15) is 6.04 Å². The fourth-order valence-electron chi connectivity index (χ4n) is 4.99. The van der Waals surface area contributed by atoms with E-state index in [1.54, 1.807) is 0 Å². The standard InChI is InChI=1S/C26H33F2N3O2/c1-26(8-3-9-26)29-15-16-10-22(17-6-7-17)31-23(11-16)24(32)30-20-5-2-4-18(12-20)19-13-21(14-19)33-25(27)28/h2,4-5,10-12,17,19,21,23,25,29,31H,3,6-9,13-15H2,1H3,(H,30,32). The molecule has 0 bridgehead atoms. The highest BCUT2D eigenvalue weighted by Gasteiger charge is 2.35. The second-order valence-electron chi connectivity index (χ2n) is 10.3. The number of ether oxygens (including phenoxy) is 1. The van der Waals surface area contributed by atoms with E-state index in [9.17, 15) is 13.6 Å². The van der Waals surface area contributed by atoms with Crippen LogP contribution in [0.25, 0.3) is 0 Å². The average Bonchev–Trinajstić information content (AvgIpc) is 3.58. The van der Waals surface area contributed by atoms with Crippen LogP contribution < -0.4 is 16.0 Å². The normalized spacial score (nSPS) is 28.2. The van der Waals surface area contributed by atoms with Crippen LogP contribution >= 0.6 is 0 Å². The highest BCUT2D eigenvalue weighted by molar-refractivity contribution is 5.96. The Labute approximate surface area is 194 Å². The SMILES string of the molecule is CC1(NCC2=CC(C(=O)Nc3cccc(C4CC(OC(F)F)C4)c3)NC(C3CC3)=C2)CCC1. The molecule has 0 spiro atoms. The van der Waals surface area contributed by atoms with Crippen LogP contribution in [0.1, 0.15) is 63.4 Å². The highest BCUT2D eigenvalue weighted by Crippen LogP contribution is 2.40. The molecule has 1 atom stereocenters. The number of nitrogens with one attached hydrogen (secondary N) is 3. The molecule has 5 rings (SSSR count).